The topological polar surface area (TPSA) is 4.36 Å². The Hall–Kier alpha value is -0.510. The average Bonchev–Trinajstić information content (AvgIpc) is 2.78. The molecule has 0 N–H and O–H groups in total. The van der Waals surface area contributed by atoms with Gasteiger partial charge in [0.2, 0.25) is 6.54 Å². The van der Waals surface area contributed by atoms with E-state index < -0.39 is 0 Å². The van der Waals surface area contributed by atoms with Gasteiger partial charge in [-0.3, -0.25) is 0 Å². The van der Waals surface area contributed by atoms with Gasteiger partial charge in [0, 0.05) is 5.92 Å². The van der Waals surface area contributed by atoms with Crippen molar-refractivity contribution in [1.29, 1.82) is 0 Å². The fourth-order valence-corrected chi connectivity index (χ4v) is 3.24. The zero-order chi connectivity index (χ0) is 6.82. The van der Waals surface area contributed by atoms with E-state index in [4.69, 9.17) is 6.57 Å². The molecule has 0 aliphatic heterocycles. The molecule has 0 aromatic carbocycles. The summed E-state index contributed by atoms with van der Waals surface area (Å²) in [6.07, 6.45) is 5.81. The fraction of sp³-hybridized carbons (Fsp3) is 0.889. The van der Waals surface area contributed by atoms with Crippen LogP contribution in [0.5, 0.6) is 0 Å². The predicted molar refractivity (Wildman–Crippen MR) is 38.3 cm³/mol. The van der Waals surface area contributed by atoms with Crippen LogP contribution in [0.4, 0.5) is 0 Å². The van der Waals surface area contributed by atoms with Gasteiger partial charge in [0.25, 0.3) is 0 Å². The highest BCUT2D eigenvalue weighted by atomic mass is 14.9. The van der Waals surface area contributed by atoms with E-state index in [9.17, 15) is 0 Å². The molecule has 0 amide bonds. The smallest absolute Gasteiger partial charge is 0.218 e. The first-order valence-corrected chi connectivity index (χ1v) is 4.19. The number of nitrogens with zero attached hydrogens (tertiary/aromatic N) is 1. The first-order valence-electron chi connectivity index (χ1n) is 4.19. The molecule has 3 fully saturated rings. The minimum absolute atomic E-state index is 0.761. The molecule has 3 saturated carbocycles. The molecule has 0 aromatic heterocycles. The molecule has 2 spiro atoms. The maximum Gasteiger partial charge on any atom is 0.218 e. The normalized spacial score (nSPS) is 41.3. The largest absolute Gasteiger partial charge is 0.317 e. The third-order valence-corrected chi connectivity index (χ3v) is 4.09. The van der Waals surface area contributed by atoms with Gasteiger partial charge in [-0.05, 0) is 36.5 Å². The van der Waals surface area contributed by atoms with Crippen LogP contribution in [-0.4, -0.2) is 6.54 Å². The summed E-state index contributed by atoms with van der Waals surface area (Å²) in [4.78, 5) is 3.52. The van der Waals surface area contributed by atoms with Crippen LogP contribution in [0, 0.1) is 23.3 Å². The van der Waals surface area contributed by atoms with Gasteiger partial charge in [-0.1, -0.05) is 0 Å². The second-order valence-corrected chi connectivity index (χ2v) is 4.21. The number of fused-ring (bicyclic) bond motifs is 1. The van der Waals surface area contributed by atoms with Crippen LogP contribution in [0.2, 0.25) is 0 Å². The Labute approximate surface area is 61.2 Å². The molecule has 0 aromatic rings. The van der Waals surface area contributed by atoms with Gasteiger partial charge in [-0.2, -0.15) is 0 Å². The maximum atomic E-state index is 6.81. The van der Waals surface area contributed by atoms with Crippen LogP contribution < -0.4 is 0 Å². The molecule has 3 aliphatic rings. The molecule has 0 bridgehead atoms. The highest BCUT2D eigenvalue weighted by Gasteiger charge is 2.87. The van der Waals surface area contributed by atoms with E-state index in [1.165, 1.54) is 25.7 Å². The zero-order valence-electron chi connectivity index (χ0n) is 6.06. The van der Waals surface area contributed by atoms with Crippen molar-refractivity contribution < 1.29 is 0 Å². The van der Waals surface area contributed by atoms with Crippen molar-refractivity contribution in [2.24, 2.45) is 16.7 Å². The Bertz CT molecular complexity index is 210. The highest BCUT2D eigenvalue weighted by Crippen LogP contribution is 2.92. The molecule has 10 heavy (non-hydrogen) atoms. The number of hydrogen-bond acceptors (Lipinski definition) is 0. The molecule has 3 rings (SSSR count). The number of hydrogen-bond donors (Lipinski definition) is 0. The van der Waals surface area contributed by atoms with Crippen molar-refractivity contribution in [2.75, 3.05) is 6.54 Å². The predicted octanol–water partition coefficient (Wildman–Crippen LogP) is 2.10. The lowest BCUT2D eigenvalue weighted by atomic mass is 10.3. The summed E-state index contributed by atoms with van der Waals surface area (Å²) in [5.74, 6) is 0.845. The molecule has 0 atom stereocenters. The second kappa shape index (κ2) is 1.13. The van der Waals surface area contributed by atoms with Crippen molar-refractivity contribution in [3.63, 3.8) is 0 Å². The summed E-state index contributed by atoms with van der Waals surface area (Å²) in [7, 11) is 0. The molecule has 0 heterocycles. The Morgan fingerprint density at radius 1 is 1.20 bits per heavy atom. The Balaban J connectivity index is 1.86. The molecule has 1 nitrogen and oxygen atoms in total. The Kier molecular flexibility index (Phi) is 0.588. The lowest BCUT2D eigenvalue weighted by molar-refractivity contribution is 0.716. The minimum atomic E-state index is 0.761. The standard InChI is InChI=1S/C9H11N/c1-10-6-7-8(2-3-8)9(7)4-5-9/h7H,2-6H2. The van der Waals surface area contributed by atoms with E-state index in [1.807, 2.05) is 0 Å². The summed E-state index contributed by atoms with van der Waals surface area (Å²) < 4.78 is 0. The zero-order valence-corrected chi connectivity index (χ0v) is 6.06. The summed E-state index contributed by atoms with van der Waals surface area (Å²) in [5, 5.41) is 0. The molecule has 0 radical (unpaired) electrons. The lowest BCUT2D eigenvalue weighted by Crippen LogP contribution is -1.83. The molecular formula is C9H11N. The molecule has 52 valence electrons. The van der Waals surface area contributed by atoms with Gasteiger partial charge in [0.05, 0.1) is 0 Å². The van der Waals surface area contributed by atoms with Crippen LogP contribution >= 0.6 is 0 Å². The van der Waals surface area contributed by atoms with Gasteiger partial charge < -0.3 is 4.85 Å². The van der Waals surface area contributed by atoms with E-state index in [-0.39, 0.29) is 0 Å². The summed E-state index contributed by atoms with van der Waals surface area (Å²) >= 11 is 0. The molecular weight excluding hydrogens is 122 g/mol. The fourth-order valence-electron chi connectivity index (χ4n) is 3.24. The maximum absolute atomic E-state index is 6.81. The third kappa shape index (κ3) is 0.318. The van der Waals surface area contributed by atoms with Crippen LogP contribution in [0.15, 0.2) is 0 Å². The average molecular weight is 133 g/mol. The third-order valence-electron chi connectivity index (χ3n) is 4.09. The second-order valence-electron chi connectivity index (χ2n) is 4.21. The van der Waals surface area contributed by atoms with Gasteiger partial charge >= 0.3 is 0 Å². The SMILES string of the molecule is [C-]#[N+]CC1C2(CC2)C12CC2. The van der Waals surface area contributed by atoms with Crippen LogP contribution in [0.1, 0.15) is 25.7 Å². The van der Waals surface area contributed by atoms with Crippen molar-refractivity contribution in [3.05, 3.63) is 11.4 Å². The molecule has 3 aliphatic carbocycles. The van der Waals surface area contributed by atoms with E-state index in [0.29, 0.717) is 0 Å². The first-order chi connectivity index (χ1) is 4.86. The van der Waals surface area contributed by atoms with Gasteiger partial charge in [-0.15, -0.1) is 0 Å². The van der Waals surface area contributed by atoms with Gasteiger partial charge in [-0.25, -0.2) is 6.57 Å². The highest BCUT2D eigenvalue weighted by molar-refractivity contribution is 5.35. The Morgan fingerprint density at radius 2 is 1.70 bits per heavy atom. The van der Waals surface area contributed by atoms with E-state index in [1.54, 1.807) is 0 Å². The minimum Gasteiger partial charge on any atom is -0.317 e. The van der Waals surface area contributed by atoms with Crippen molar-refractivity contribution in [1.82, 2.24) is 0 Å². The Morgan fingerprint density at radius 3 is 2.00 bits per heavy atom. The first kappa shape index (κ1) is 5.18. The van der Waals surface area contributed by atoms with Crippen LogP contribution in [0.25, 0.3) is 4.85 Å². The molecule has 1 heteroatoms. The summed E-state index contributed by atoms with van der Waals surface area (Å²) in [6, 6.07) is 0. The van der Waals surface area contributed by atoms with E-state index in [2.05, 4.69) is 4.85 Å². The van der Waals surface area contributed by atoms with Crippen molar-refractivity contribution in [2.45, 2.75) is 25.7 Å². The van der Waals surface area contributed by atoms with Crippen LogP contribution in [0.3, 0.4) is 0 Å². The van der Waals surface area contributed by atoms with Crippen molar-refractivity contribution in [3.8, 4) is 0 Å². The lowest BCUT2D eigenvalue weighted by Gasteiger charge is -1.78. The van der Waals surface area contributed by atoms with Gasteiger partial charge in [0.1, 0.15) is 0 Å². The number of rotatable bonds is 1. The van der Waals surface area contributed by atoms with E-state index >= 15 is 0 Å². The summed E-state index contributed by atoms with van der Waals surface area (Å²) in [6.45, 7) is 7.64. The molecule has 0 saturated heterocycles. The van der Waals surface area contributed by atoms with Crippen molar-refractivity contribution >= 4 is 0 Å². The van der Waals surface area contributed by atoms with Gasteiger partial charge in [0.15, 0.2) is 0 Å². The van der Waals surface area contributed by atoms with E-state index in [0.717, 1.165) is 23.3 Å². The quantitative estimate of drug-likeness (QED) is 0.482. The monoisotopic (exact) mass is 133 g/mol. The summed E-state index contributed by atoms with van der Waals surface area (Å²) in [5.41, 5.74) is 1.52. The molecule has 0 unspecified atom stereocenters. The van der Waals surface area contributed by atoms with Crippen LogP contribution in [-0.2, 0) is 0 Å².